The number of aliphatic hydroxyl groups is 2. The largest absolute Gasteiger partial charge is 0.471 e. The fraction of sp³-hybridized carbons (Fsp3) is 0.250. The van der Waals surface area contributed by atoms with E-state index >= 15 is 0 Å². The van der Waals surface area contributed by atoms with Crippen LogP contribution in [0.15, 0.2) is 30.5 Å². The molecule has 8 nitrogen and oxygen atoms in total. The number of aromatic nitrogens is 2. The first-order valence-corrected chi connectivity index (χ1v) is 8.77. The van der Waals surface area contributed by atoms with Crippen molar-refractivity contribution in [2.45, 2.75) is 26.6 Å². The van der Waals surface area contributed by atoms with Gasteiger partial charge >= 0.3 is 0 Å². The molecule has 29 heavy (non-hydrogen) atoms. The van der Waals surface area contributed by atoms with Gasteiger partial charge in [-0.3, -0.25) is 9.59 Å². The van der Waals surface area contributed by atoms with E-state index in [0.29, 0.717) is 23.4 Å². The molecule has 3 rings (SSSR count). The molecule has 0 spiro atoms. The lowest BCUT2D eigenvalue weighted by atomic mass is 10.1. The Bertz CT molecular complexity index is 1090. The summed E-state index contributed by atoms with van der Waals surface area (Å²) in [5, 5.41) is 18.2. The summed E-state index contributed by atoms with van der Waals surface area (Å²) in [4.78, 5) is 28.3. The molecule has 0 saturated heterocycles. The Morgan fingerprint density at radius 2 is 1.90 bits per heavy atom. The molecule has 0 unspecified atom stereocenters. The lowest BCUT2D eigenvalue weighted by Gasteiger charge is -2.15. The molecule has 0 aliphatic heterocycles. The van der Waals surface area contributed by atoms with Crippen LogP contribution in [0.4, 0.5) is 4.39 Å². The highest BCUT2D eigenvalue weighted by molar-refractivity contribution is 6.44. The molecule has 1 amide bonds. The van der Waals surface area contributed by atoms with Gasteiger partial charge in [0.05, 0.1) is 11.3 Å². The van der Waals surface area contributed by atoms with Crippen LogP contribution in [0.5, 0.6) is 5.88 Å². The van der Waals surface area contributed by atoms with Gasteiger partial charge in [-0.15, -0.1) is 0 Å². The van der Waals surface area contributed by atoms with Gasteiger partial charge in [-0.25, -0.2) is 9.37 Å². The molecule has 0 radical (unpaired) electrons. The third kappa shape index (κ3) is 4.10. The molecule has 9 heteroatoms. The SMILES string of the molecule is Cc1cn2c(Cc3ccc(F)cc3)c(C)nc(OCC(O)O)c2c1C(=O)C(N)=O. The molecule has 1 aromatic carbocycles. The van der Waals surface area contributed by atoms with Gasteiger partial charge in [0.1, 0.15) is 17.9 Å². The predicted octanol–water partition coefficient (Wildman–Crippen LogP) is 1.04. The summed E-state index contributed by atoms with van der Waals surface area (Å²) >= 11 is 0. The predicted molar refractivity (Wildman–Crippen MR) is 101 cm³/mol. The number of aryl methyl sites for hydroxylation is 2. The van der Waals surface area contributed by atoms with E-state index < -0.39 is 24.6 Å². The Morgan fingerprint density at radius 1 is 1.24 bits per heavy atom. The van der Waals surface area contributed by atoms with E-state index in [4.69, 9.17) is 20.7 Å². The van der Waals surface area contributed by atoms with Gasteiger partial charge in [0.25, 0.3) is 11.7 Å². The van der Waals surface area contributed by atoms with Crippen LogP contribution in [-0.4, -0.2) is 44.2 Å². The highest BCUT2D eigenvalue weighted by Gasteiger charge is 2.26. The molecule has 2 heterocycles. The number of fused-ring (bicyclic) bond motifs is 1. The van der Waals surface area contributed by atoms with Gasteiger partial charge in [0.15, 0.2) is 6.29 Å². The van der Waals surface area contributed by atoms with E-state index in [2.05, 4.69) is 4.98 Å². The number of primary amides is 1. The average molecular weight is 401 g/mol. The summed E-state index contributed by atoms with van der Waals surface area (Å²) in [6, 6.07) is 5.97. The standard InChI is InChI=1S/C20H20FN3O5/c1-10-8-24-14(7-12-3-5-13(21)6-4-12)11(2)23-20(29-9-15(25)26)17(24)16(10)18(27)19(22)28/h3-6,8,15,25-26H,7,9H2,1-2H3,(H2,22,28). The summed E-state index contributed by atoms with van der Waals surface area (Å²) in [7, 11) is 0. The number of rotatable bonds is 7. The van der Waals surface area contributed by atoms with E-state index in [1.165, 1.54) is 12.1 Å². The van der Waals surface area contributed by atoms with Gasteiger partial charge in [0, 0.05) is 18.3 Å². The van der Waals surface area contributed by atoms with Crippen LogP contribution >= 0.6 is 0 Å². The Kier molecular flexibility index (Phi) is 5.62. The van der Waals surface area contributed by atoms with Crippen molar-refractivity contribution in [1.82, 2.24) is 9.38 Å². The van der Waals surface area contributed by atoms with Gasteiger partial charge < -0.3 is 25.1 Å². The van der Waals surface area contributed by atoms with E-state index in [1.54, 1.807) is 36.6 Å². The summed E-state index contributed by atoms with van der Waals surface area (Å²) in [5.41, 5.74) is 7.97. The van der Waals surface area contributed by atoms with Crippen LogP contribution < -0.4 is 10.5 Å². The number of halogens is 1. The smallest absolute Gasteiger partial charge is 0.289 e. The number of nitrogens with two attached hydrogens (primary N) is 1. The lowest BCUT2D eigenvalue weighted by Crippen LogP contribution is -2.24. The van der Waals surface area contributed by atoms with E-state index in [9.17, 15) is 14.0 Å². The van der Waals surface area contributed by atoms with Crippen molar-refractivity contribution < 1.29 is 28.9 Å². The molecule has 4 N–H and O–H groups in total. The number of carbonyl (C=O) groups is 2. The normalized spacial score (nSPS) is 11.2. The van der Waals surface area contributed by atoms with E-state index in [0.717, 1.165) is 5.56 Å². The van der Waals surface area contributed by atoms with Gasteiger partial charge in [-0.2, -0.15) is 0 Å². The minimum atomic E-state index is -1.75. The van der Waals surface area contributed by atoms with Crippen molar-refractivity contribution in [3.8, 4) is 5.88 Å². The van der Waals surface area contributed by atoms with Crippen LogP contribution in [0.2, 0.25) is 0 Å². The maximum absolute atomic E-state index is 13.2. The van der Waals surface area contributed by atoms with Crippen molar-refractivity contribution in [2.24, 2.45) is 5.73 Å². The maximum atomic E-state index is 13.2. The molecule has 0 saturated carbocycles. The lowest BCUT2D eigenvalue weighted by molar-refractivity contribution is -0.114. The summed E-state index contributed by atoms with van der Waals surface area (Å²) < 4.78 is 20.3. The number of aliphatic hydroxyl groups excluding tert-OH is 1. The van der Waals surface area contributed by atoms with E-state index in [-0.39, 0.29) is 22.8 Å². The number of nitrogens with zero attached hydrogens (tertiary/aromatic N) is 2. The van der Waals surface area contributed by atoms with Crippen molar-refractivity contribution in [2.75, 3.05) is 6.61 Å². The number of amides is 1. The highest BCUT2D eigenvalue weighted by atomic mass is 19.1. The number of hydrogen-bond acceptors (Lipinski definition) is 6. The topological polar surface area (TPSA) is 127 Å². The van der Waals surface area contributed by atoms with Gasteiger partial charge in [0.2, 0.25) is 5.88 Å². The van der Waals surface area contributed by atoms with Gasteiger partial charge in [-0.1, -0.05) is 12.1 Å². The second-order valence-electron chi connectivity index (χ2n) is 6.64. The first kappa shape index (κ1) is 20.4. The van der Waals surface area contributed by atoms with Crippen molar-refractivity contribution in [3.63, 3.8) is 0 Å². The number of benzene rings is 1. The second kappa shape index (κ2) is 7.98. The maximum Gasteiger partial charge on any atom is 0.289 e. The van der Waals surface area contributed by atoms with E-state index in [1.807, 2.05) is 0 Å². The first-order chi connectivity index (χ1) is 13.7. The third-order valence-electron chi connectivity index (χ3n) is 4.48. The molecule has 3 aromatic rings. The molecule has 0 atom stereocenters. The zero-order valence-electron chi connectivity index (χ0n) is 15.8. The summed E-state index contributed by atoms with van der Waals surface area (Å²) in [5.74, 6) is -2.42. The molecular formula is C20H20FN3O5. The van der Waals surface area contributed by atoms with Gasteiger partial charge in [-0.05, 0) is 37.1 Å². The van der Waals surface area contributed by atoms with Crippen LogP contribution in [0.25, 0.3) is 5.52 Å². The number of carbonyl (C=O) groups excluding carboxylic acids is 2. The highest BCUT2D eigenvalue weighted by Crippen LogP contribution is 2.30. The fourth-order valence-corrected chi connectivity index (χ4v) is 3.17. The quantitative estimate of drug-likeness (QED) is 0.308. The minimum Gasteiger partial charge on any atom is -0.471 e. The van der Waals surface area contributed by atoms with Crippen LogP contribution in [0.3, 0.4) is 0 Å². The molecule has 152 valence electrons. The average Bonchev–Trinajstić information content (AvgIpc) is 3.00. The second-order valence-corrected chi connectivity index (χ2v) is 6.64. The minimum absolute atomic E-state index is 0.0313. The Morgan fingerprint density at radius 3 is 2.48 bits per heavy atom. The molecule has 2 aromatic heterocycles. The summed E-state index contributed by atoms with van der Waals surface area (Å²) in [6.45, 7) is 2.89. The zero-order valence-corrected chi connectivity index (χ0v) is 15.8. The number of hydrogen-bond donors (Lipinski definition) is 3. The summed E-state index contributed by atoms with van der Waals surface area (Å²) in [6.07, 6.45) is 0.278. The molecule has 0 fully saturated rings. The van der Waals surface area contributed by atoms with Crippen molar-refractivity contribution in [3.05, 3.63) is 64.4 Å². The molecular weight excluding hydrogens is 381 g/mol. The molecule has 0 bridgehead atoms. The first-order valence-electron chi connectivity index (χ1n) is 8.77. The van der Waals surface area contributed by atoms with Crippen molar-refractivity contribution >= 4 is 17.2 Å². The number of Topliss-reactive ketones (excluding diaryl/α,β-unsaturated/α-hetero) is 1. The number of ether oxygens (including phenoxy) is 1. The Hall–Kier alpha value is -3.30. The monoisotopic (exact) mass is 401 g/mol. The molecule has 0 aliphatic carbocycles. The Labute approximate surface area is 165 Å². The zero-order chi connectivity index (χ0) is 21.3. The Balaban J connectivity index is 2.22. The third-order valence-corrected chi connectivity index (χ3v) is 4.48. The van der Waals surface area contributed by atoms with Crippen molar-refractivity contribution in [1.29, 1.82) is 0 Å². The fourth-order valence-electron chi connectivity index (χ4n) is 3.17. The van der Waals surface area contributed by atoms with Crippen LogP contribution in [0.1, 0.15) is 32.9 Å². The number of ketones is 1. The molecule has 0 aliphatic rings. The van der Waals surface area contributed by atoms with Crippen LogP contribution in [0, 0.1) is 19.7 Å². The van der Waals surface area contributed by atoms with Crippen LogP contribution in [-0.2, 0) is 11.2 Å².